The number of halogens is 1. The summed E-state index contributed by atoms with van der Waals surface area (Å²) in [7, 11) is 0. The Bertz CT molecular complexity index is 756. The number of hydrogen-bond acceptors (Lipinski definition) is 1. The van der Waals surface area contributed by atoms with Gasteiger partial charge in [-0.25, -0.2) is 0 Å². The Morgan fingerprint density at radius 3 is 2.53 bits per heavy atom. The van der Waals surface area contributed by atoms with Crippen LogP contribution >= 0.6 is 11.6 Å². The van der Waals surface area contributed by atoms with Crippen LogP contribution in [0.4, 0.5) is 0 Å². The number of carbonyl (C=O) groups is 1. The van der Waals surface area contributed by atoms with Crippen LogP contribution < -0.4 is 0 Å². The van der Waals surface area contributed by atoms with Crippen LogP contribution in [0.3, 0.4) is 0 Å². The maximum absolute atomic E-state index is 11.3. The lowest BCUT2D eigenvalue weighted by atomic mass is 9.99. The van der Waals surface area contributed by atoms with E-state index < -0.39 is 0 Å². The van der Waals surface area contributed by atoms with Gasteiger partial charge in [0.25, 0.3) is 0 Å². The molecule has 0 radical (unpaired) electrons. The average molecular weight is 270 g/mol. The molecular formula is C16H12ClNO. The van der Waals surface area contributed by atoms with Crippen molar-refractivity contribution in [3.8, 4) is 11.1 Å². The summed E-state index contributed by atoms with van der Waals surface area (Å²) in [5, 5.41) is 1.78. The molecule has 1 aromatic heterocycles. The van der Waals surface area contributed by atoms with E-state index in [1.807, 2.05) is 49.4 Å². The van der Waals surface area contributed by atoms with Gasteiger partial charge < -0.3 is 4.98 Å². The van der Waals surface area contributed by atoms with Crippen LogP contribution in [0, 0.1) is 6.92 Å². The summed E-state index contributed by atoms with van der Waals surface area (Å²) in [6, 6.07) is 13.5. The van der Waals surface area contributed by atoms with Gasteiger partial charge in [0.15, 0.2) is 6.29 Å². The van der Waals surface area contributed by atoms with Gasteiger partial charge in [-0.1, -0.05) is 35.9 Å². The summed E-state index contributed by atoms with van der Waals surface area (Å²) >= 11 is 5.92. The van der Waals surface area contributed by atoms with E-state index in [2.05, 4.69) is 4.98 Å². The summed E-state index contributed by atoms with van der Waals surface area (Å²) in [6.45, 7) is 2.05. The second kappa shape index (κ2) is 4.56. The van der Waals surface area contributed by atoms with Crippen molar-refractivity contribution in [3.05, 3.63) is 58.7 Å². The first-order valence-electron chi connectivity index (χ1n) is 6.03. The van der Waals surface area contributed by atoms with Gasteiger partial charge in [0.1, 0.15) is 0 Å². The maximum atomic E-state index is 11.3. The standard InChI is InChI=1S/C16H12ClNO/c1-10-3-2-4-13-15(10)16(14(9-19)18-13)11-5-7-12(17)8-6-11/h2-9,18H,1H3. The Morgan fingerprint density at radius 2 is 1.84 bits per heavy atom. The Morgan fingerprint density at radius 1 is 1.11 bits per heavy atom. The number of fused-ring (bicyclic) bond motifs is 1. The smallest absolute Gasteiger partial charge is 0.166 e. The number of aromatic nitrogens is 1. The van der Waals surface area contributed by atoms with Crippen LogP contribution in [0.25, 0.3) is 22.0 Å². The minimum Gasteiger partial charge on any atom is -0.352 e. The molecule has 0 aliphatic heterocycles. The van der Waals surface area contributed by atoms with Gasteiger partial charge in [0.05, 0.1) is 5.69 Å². The molecular weight excluding hydrogens is 258 g/mol. The predicted molar refractivity (Wildman–Crippen MR) is 78.9 cm³/mol. The average Bonchev–Trinajstić information content (AvgIpc) is 2.80. The van der Waals surface area contributed by atoms with E-state index in [4.69, 9.17) is 11.6 Å². The van der Waals surface area contributed by atoms with Crippen LogP contribution in [-0.2, 0) is 0 Å². The van der Waals surface area contributed by atoms with Gasteiger partial charge in [-0.15, -0.1) is 0 Å². The normalized spacial score (nSPS) is 10.8. The number of hydrogen-bond donors (Lipinski definition) is 1. The molecule has 1 heterocycles. The summed E-state index contributed by atoms with van der Waals surface area (Å²) in [5.74, 6) is 0. The predicted octanol–water partition coefficient (Wildman–Crippen LogP) is 4.61. The zero-order chi connectivity index (χ0) is 13.4. The summed E-state index contributed by atoms with van der Waals surface area (Å²) < 4.78 is 0. The quantitative estimate of drug-likeness (QED) is 0.677. The Kier molecular flexibility index (Phi) is 2.88. The first-order chi connectivity index (χ1) is 9.20. The molecule has 3 aromatic rings. The van der Waals surface area contributed by atoms with E-state index in [-0.39, 0.29) is 0 Å². The lowest BCUT2D eigenvalue weighted by Gasteiger charge is -2.03. The fourth-order valence-corrected chi connectivity index (χ4v) is 2.58. The molecule has 0 aliphatic rings. The van der Waals surface area contributed by atoms with Crippen LogP contribution in [0.2, 0.25) is 5.02 Å². The summed E-state index contributed by atoms with van der Waals surface area (Å²) in [4.78, 5) is 14.5. The molecule has 2 aromatic carbocycles. The monoisotopic (exact) mass is 269 g/mol. The molecule has 0 unspecified atom stereocenters. The SMILES string of the molecule is Cc1cccc2[nH]c(C=O)c(-c3ccc(Cl)cc3)c12. The van der Waals surface area contributed by atoms with Crippen molar-refractivity contribution in [1.29, 1.82) is 0 Å². The first-order valence-corrected chi connectivity index (χ1v) is 6.41. The highest BCUT2D eigenvalue weighted by molar-refractivity contribution is 6.30. The number of carbonyl (C=O) groups excluding carboxylic acids is 1. The number of aromatic amines is 1. The van der Waals surface area contributed by atoms with Crippen molar-refractivity contribution in [1.82, 2.24) is 4.98 Å². The zero-order valence-electron chi connectivity index (χ0n) is 10.4. The number of H-pyrrole nitrogens is 1. The highest BCUT2D eigenvalue weighted by Crippen LogP contribution is 2.34. The van der Waals surface area contributed by atoms with Crippen molar-refractivity contribution in [2.75, 3.05) is 0 Å². The molecule has 94 valence electrons. The summed E-state index contributed by atoms with van der Waals surface area (Å²) in [5.41, 5.74) is 4.66. The molecule has 0 amide bonds. The van der Waals surface area contributed by atoms with E-state index in [0.29, 0.717) is 10.7 Å². The lowest BCUT2D eigenvalue weighted by molar-refractivity contribution is 0.112. The zero-order valence-corrected chi connectivity index (χ0v) is 11.2. The van der Waals surface area contributed by atoms with Crippen molar-refractivity contribution in [3.63, 3.8) is 0 Å². The number of benzene rings is 2. The Labute approximate surface area is 116 Å². The topological polar surface area (TPSA) is 32.9 Å². The van der Waals surface area contributed by atoms with E-state index in [0.717, 1.165) is 33.9 Å². The first kappa shape index (κ1) is 12.0. The van der Waals surface area contributed by atoms with Gasteiger partial charge in [-0.2, -0.15) is 0 Å². The molecule has 0 spiro atoms. The van der Waals surface area contributed by atoms with E-state index >= 15 is 0 Å². The molecule has 2 nitrogen and oxygen atoms in total. The molecule has 0 saturated carbocycles. The molecule has 0 aliphatic carbocycles. The largest absolute Gasteiger partial charge is 0.352 e. The van der Waals surface area contributed by atoms with Gasteiger partial charge in [-0.3, -0.25) is 4.79 Å². The van der Waals surface area contributed by atoms with Crippen molar-refractivity contribution >= 4 is 28.8 Å². The Hall–Kier alpha value is -2.06. The third kappa shape index (κ3) is 1.94. The molecule has 3 heteroatoms. The highest BCUT2D eigenvalue weighted by atomic mass is 35.5. The number of rotatable bonds is 2. The molecule has 0 saturated heterocycles. The summed E-state index contributed by atoms with van der Waals surface area (Å²) in [6.07, 6.45) is 0.864. The van der Waals surface area contributed by atoms with Crippen LogP contribution in [-0.4, -0.2) is 11.3 Å². The van der Waals surface area contributed by atoms with Gasteiger partial charge in [0, 0.05) is 21.5 Å². The van der Waals surface area contributed by atoms with Gasteiger partial charge >= 0.3 is 0 Å². The minimum absolute atomic E-state index is 0.603. The molecule has 1 N–H and O–H groups in total. The van der Waals surface area contributed by atoms with Crippen molar-refractivity contribution in [2.24, 2.45) is 0 Å². The number of aldehydes is 1. The van der Waals surface area contributed by atoms with Gasteiger partial charge in [0.2, 0.25) is 0 Å². The van der Waals surface area contributed by atoms with Crippen LogP contribution in [0.1, 0.15) is 16.1 Å². The Balaban J connectivity index is 2.38. The second-order valence-electron chi connectivity index (χ2n) is 4.54. The van der Waals surface area contributed by atoms with Crippen molar-refractivity contribution < 1.29 is 4.79 Å². The molecule has 3 rings (SSSR count). The highest BCUT2D eigenvalue weighted by Gasteiger charge is 2.14. The van der Waals surface area contributed by atoms with Gasteiger partial charge in [-0.05, 0) is 36.2 Å². The maximum Gasteiger partial charge on any atom is 0.166 e. The van der Waals surface area contributed by atoms with E-state index in [9.17, 15) is 4.79 Å². The minimum atomic E-state index is 0.603. The molecule has 0 bridgehead atoms. The number of nitrogens with one attached hydrogen (secondary N) is 1. The molecule has 0 atom stereocenters. The fourth-order valence-electron chi connectivity index (χ4n) is 2.45. The van der Waals surface area contributed by atoms with E-state index in [1.165, 1.54) is 0 Å². The van der Waals surface area contributed by atoms with E-state index in [1.54, 1.807) is 0 Å². The third-order valence-electron chi connectivity index (χ3n) is 3.31. The fraction of sp³-hybridized carbons (Fsp3) is 0.0625. The molecule has 0 fully saturated rings. The molecule has 19 heavy (non-hydrogen) atoms. The number of aryl methyl sites for hydroxylation is 1. The lowest BCUT2D eigenvalue weighted by Crippen LogP contribution is -1.85. The van der Waals surface area contributed by atoms with Crippen molar-refractivity contribution in [2.45, 2.75) is 6.92 Å². The van der Waals surface area contributed by atoms with Crippen LogP contribution in [0.15, 0.2) is 42.5 Å². The van der Waals surface area contributed by atoms with Crippen LogP contribution in [0.5, 0.6) is 0 Å². The third-order valence-corrected chi connectivity index (χ3v) is 3.56. The second-order valence-corrected chi connectivity index (χ2v) is 4.97.